The average molecular weight is 260 g/mol. The molecule has 2 atom stereocenters. The standard InChI is InChI=1S/C13H19Cl2N/c1-3-4-9(2)7-13(16)11-6-5-10(14)8-12(11)15/h5-6,8-9,13H,3-4,7,16H2,1-2H3. The van der Waals surface area contributed by atoms with E-state index < -0.39 is 0 Å². The van der Waals surface area contributed by atoms with Crippen molar-refractivity contribution >= 4 is 23.2 Å². The highest BCUT2D eigenvalue weighted by molar-refractivity contribution is 6.35. The molecule has 1 nitrogen and oxygen atoms in total. The maximum Gasteiger partial charge on any atom is 0.0468 e. The third kappa shape index (κ3) is 3.97. The Morgan fingerprint density at radius 2 is 2.00 bits per heavy atom. The van der Waals surface area contributed by atoms with Gasteiger partial charge in [0.05, 0.1) is 0 Å². The van der Waals surface area contributed by atoms with E-state index in [-0.39, 0.29) is 6.04 Å². The molecule has 0 bridgehead atoms. The fraction of sp³-hybridized carbons (Fsp3) is 0.538. The van der Waals surface area contributed by atoms with E-state index in [0.29, 0.717) is 16.0 Å². The molecule has 0 aliphatic carbocycles. The van der Waals surface area contributed by atoms with Gasteiger partial charge in [0, 0.05) is 16.1 Å². The van der Waals surface area contributed by atoms with Gasteiger partial charge in [0.15, 0.2) is 0 Å². The van der Waals surface area contributed by atoms with Crippen LogP contribution in [0.15, 0.2) is 18.2 Å². The summed E-state index contributed by atoms with van der Waals surface area (Å²) in [7, 11) is 0. The van der Waals surface area contributed by atoms with Gasteiger partial charge in [0.25, 0.3) is 0 Å². The predicted molar refractivity (Wildman–Crippen MR) is 72.1 cm³/mol. The largest absolute Gasteiger partial charge is 0.324 e. The predicted octanol–water partition coefficient (Wildman–Crippen LogP) is 4.82. The van der Waals surface area contributed by atoms with E-state index in [9.17, 15) is 0 Å². The summed E-state index contributed by atoms with van der Waals surface area (Å²) in [5, 5.41) is 1.33. The molecule has 0 heterocycles. The first kappa shape index (κ1) is 13.8. The Hall–Kier alpha value is -0.240. The lowest BCUT2D eigenvalue weighted by Gasteiger charge is -2.18. The molecule has 0 fully saturated rings. The van der Waals surface area contributed by atoms with Crippen LogP contribution in [0.5, 0.6) is 0 Å². The summed E-state index contributed by atoms with van der Waals surface area (Å²) in [6, 6.07) is 5.52. The van der Waals surface area contributed by atoms with Gasteiger partial charge >= 0.3 is 0 Å². The highest BCUT2D eigenvalue weighted by atomic mass is 35.5. The summed E-state index contributed by atoms with van der Waals surface area (Å²) < 4.78 is 0. The first-order valence-electron chi connectivity index (χ1n) is 5.75. The molecule has 1 aromatic rings. The lowest BCUT2D eigenvalue weighted by molar-refractivity contribution is 0.440. The molecule has 2 N–H and O–H groups in total. The summed E-state index contributed by atoms with van der Waals surface area (Å²) in [4.78, 5) is 0. The van der Waals surface area contributed by atoms with Crippen molar-refractivity contribution in [3.05, 3.63) is 33.8 Å². The molecule has 0 aliphatic heterocycles. The number of hydrogen-bond donors (Lipinski definition) is 1. The lowest BCUT2D eigenvalue weighted by atomic mass is 9.93. The first-order valence-corrected chi connectivity index (χ1v) is 6.50. The second-order valence-corrected chi connectivity index (χ2v) is 5.25. The van der Waals surface area contributed by atoms with E-state index in [2.05, 4.69) is 13.8 Å². The smallest absolute Gasteiger partial charge is 0.0468 e. The molecule has 1 rings (SSSR count). The maximum atomic E-state index is 6.15. The maximum absolute atomic E-state index is 6.15. The van der Waals surface area contributed by atoms with Gasteiger partial charge < -0.3 is 5.73 Å². The Labute approximate surface area is 108 Å². The number of benzene rings is 1. The fourth-order valence-electron chi connectivity index (χ4n) is 1.97. The zero-order valence-corrected chi connectivity index (χ0v) is 11.4. The van der Waals surface area contributed by atoms with Crippen molar-refractivity contribution in [3.8, 4) is 0 Å². The van der Waals surface area contributed by atoms with Gasteiger partial charge in [-0.3, -0.25) is 0 Å². The van der Waals surface area contributed by atoms with Crippen LogP contribution in [0.25, 0.3) is 0 Å². The van der Waals surface area contributed by atoms with Crippen LogP contribution in [0.3, 0.4) is 0 Å². The summed E-state index contributed by atoms with van der Waals surface area (Å²) in [5.74, 6) is 0.631. The van der Waals surface area contributed by atoms with Crippen LogP contribution in [-0.2, 0) is 0 Å². The highest BCUT2D eigenvalue weighted by Crippen LogP contribution is 2.29. The summed E-state index contributed by atoms with van der Waals surface area (Å²) in [5.41, 5.74) is 7.14. The highest BCUT2D eigenvalue weighted by Gasteiger charge is 2.13. The van der Waals surface area contributed by atoms with Crippen LogP contribution in [-0.4, -0.2) is 0 Å². The molecule has 0 aromatic heterocycles. The molecule has 0 radical (unpaired) electrons. The second-order valence-electron chi connectivity index (χ2n) is 4.40. The van der Waals surface area contributed by atoms with E-state index in [1.165, 1.54) is 12.8 Å². The third-order valence-electron chi connectivity index (χ3n) is 2.80. The molecule has 0 aliphatic rings. The van der Waals surface area contributed by atoms with Crippen molar-refractivity contribution in [2.24, 2.45) is 11.7 Å². The Morgan fingerprint density at radius 3 is 2.56 bits per heavy atom. The van der Waals surface area contributed by atoms with Crippen LogP contribution >= 0.6 is 23.2 Å². The van der Waals surface area contributed by atoms with E-state index in [1.807, 2.05) is 12.1 Å². The number of halogens is 2. The summed E-state index contributed by atoms with van der Waals surface area (Å²) >= 11 is 12.0. The minimum Gasteiger partial charge on any atom is -0.324 e. The van der Waals surface area contributed by atoms with Gasteiger partial charge in [-0.05, 0) is 30.0 Å². The van der Waals surface area contributed by atoms with Gasteiger partial charge in [0.2, 0.25) is 0 Å². The summed E-state index contributed by atoms with van der Waals surface area (Å²) in [6.45, 7) is 4.42. The second kappa shape index (κ2) is 6.48. The van der Waals surface area contributed by atoms with Crippen molar-refractivity contribution in [2.45, 2.75) is 39.2 Å². The lowest BCUT2D eigenvalue weighted by Crippen LogP contribution is -2.14. The molecule has 16 heavy (non-hydrogen) atoms. The van der Waals surface area contributed by atoms with Crippen LogP contribution < -0.4 is 5.73 Å². The van der Waals surface area contributed by atoms with Crippen molar-refractivity contribution < 1.29 is 0 Å². The molecule has 0 amide bonds. The molecular formula is C13H19Cl2N. The number of nitrogens with two attached hydrogens (primary N) is 1. The Balaban J connectivity index is 2.69. The van der Waals surface area contributed by atoms with Crippen LogP contribution in [0, 0.1) is 5.92 Å². The quantitative estimate of drug-likeness (QED) is 0.807. The zero-order chi connectivity index (χ0) is 12.1. The number of hydrogen-bond acceptors (Lipinski definition) is 1. The van der Waals surface area contributed by atoms with Gasteiger partial charge in [-0.2, -0.15) is 0 Å². The van der Waals surface area contributed by atoms with E-state index in [1.54, 1.807) is 6.07 Å². The zero-order valence-electron chi connectivity index (χ0n) is 9.84. The van der Waals surface area contributed by atoms with Crippen LogP contribution in [0.4, 0.5) is 0 Å². The van der Waals surface area contributed by atoms with Gasteiger partial charge in [-0.1, -0.05) is 56.0 Å². The Morgan fingerprint density at radius 1 is 1.31 bits per heavy atom. The molecule has 2 unspecified atom stereocenters. The molecule has 3 heteroatoms. The van der Waals surface area contributed by atoms with Crippen molar-refractivity contribution in [1.29, 1.82) is 0 Å². The molecule has 1 aromatic carbocycles. The average Bonchev–Trinajstić information content (AvgIpc) is 2.17. The topological polar surface area (TPSA) is 26.0 Å². The molecular weight excluding hydrogens is 241 g/mol. The monoisotopic (exact) mass is 259 g/mol. The van der Waals surface area contributed by atoms with Crippen LogP contribution in [0.1, 0.15) is 44.7 Å². The van der Waals surface area contributed by atoms with E-state index in [4.69, 9.17) is 28.9 Å². The van der Waals surface area contributed by atoms with Gasteiger partial charge in [-0.15, -0.1) is 0 Å². The summed E-state index contributed by atoms with van der Waals surface area (Å²) in [6.07, 6.45) is 3.37. The van der Waals surface area contributed by atoms with Crippen molar-refractivity contribution in [2.75, 3.05) is 0 Å². The van der Waals surface area contributed by atoms with Gasteiger partial charge in [0.1, 0.15) is 0 Å². The Kier molecular flexibility index (Phi) is 5.60. The van der Waals surface area contributed by atoms with Crippen LogP contribution in [0.2, 0.25) is 10.0 Å². The minimum absolute atomic E-state index is 0.00585. The fourth-order valence-corrected chi connectivity index (χ4v) is 2.52. The van der Waals surface area contributed by atoms with E-state index >= 15 is 0 Å². The van der Waals surface area contributed by atoms with Gasteiger partial charge in [-0.25, -0.2) is 0 Å². The first-order chi connectivity index (χ1) is 7.54. The normalized spacial score (nSPS) is 14.8. The molecule has 0 saturated heterocycles. The molecule has 0 spiro atoms. The molecule has 0 saturated carbocycles. The number of rotatable bonds is 5. The Bertz CT molecular complexity index is 339. The molecule has 90 valence electrons. The van der Waals surface area contributed by atoms with Crippen molar-refractivity contribution in [3.63, 3.8) is 0 Å². The third-order valence-corrected chi connectivity index (χ3v) is 3.36. The van der Waals surface area contributed by atoms with E-state index in [0.717, 1.165) is 12.0 Å². The SMILES string of the molecule is CCCC(C)CC(N)c1ccc(Cl)cc1Cl. The minimum atomic E-state index is 0.00585. The van der Waals surface area contributed by atoms with Crippen molar-refractivity contribution in [1.82, 2.24) is 0 Å².